The van der Waals surface area contributed by atoms with E-state index in [1.807, 2.05) is 0 Å². The Morgan fingerprint density at radius 3 is 2.42 bits per heavy atom. The van der Waals surface area contributed by atoms with Crippen LogP contribution in [0.4, 0.5) is 0 Å². The first-order valence-electron chi connectivity index (χ1n) is 10.5. The lowest BCUT2D eigenvalue weighted by Gasteiger charge is -2.61. The third-order valence-electron chi connectivity index (χ3n) is 9.56. The summed E-state index contributed by atoms with van der Waals surface area (Å²) < 4.78 is 0. The van der Waals surface area contributed by atoms with Gasteiger partial charge in [0.2, 0.25) is 0 Å². The molecule has 0 spiro atoms. The van der Waals surface area contributed by atoms with E-state index in [2.05, 4.69) is 20.8 Å². The minimum absolute atomic E-state index is 0.0437. The van der Waals surface area contributed by atoms with Crippen molar-refractivity contribution in [3.05, 3.63) is 0 Å². The van der Waals surface area contributed by atoms with E-state index in [-0.39, 0.29) is 12.0 Å². The second-order valence-electron chi connectivity index (χ2n) is 10.3. The first-order valence-corrected chi connectivity index (χ1v) is 10.5. The number of hydrogen-bond donors (Lipinski definition) is 1. The van der Waals surface area contributed by atoms with Crippen molar-refractivity contribution in [3.8, 4) is 0 Å². The third-order valence-corrected chi connectivity index (χ3v) is 9.56. The Balaban J connectivity index is 1.60. The average Bonchev–Trinajstić information content (AvgIpc) is 2.92. The minimum Gasteiger partial charge on any atom is -0.393 e. The molecular formula is C22H36O2. The van der Waals surface area contributed by atoms with Crippen LogP contribution in [0, 0.1) is 46.3 Å². The molecule has 0 aromatic carbocycles. The topological polar surface area (TPSA) is 37.3 Å². The summed E-state index contributed by atoms with van der Waals surface area (Å²) in [6, 6.07) is 0. The van der Waals surface area contributed by atoms with Crippen LogP contribution in [0.1, 0.15) is 78.6 Å². The first kappa shape index (κ1) is 17.1. The predicted molar refractivity (Wildman–Crippen MR) is 96.5 cm³/mol. The smallest absolute Gasteiger partial charge is 0.123 e. The quantitative estimate of drug-likeness (QED) is 0.735. The maximum atomic E-state index is 11.4. The standard InChI is InChI=1S/C22H36O2/c1-14(13-23)18-6-7-19-17-5-4-15-12-16(24)8-10-21(15,2)20(17)9-11-22(18,19)3/h13-20,24H,4-12H2,1-3H3/t14?,15-,16?,17-,18+,19-,20-,21-,22+/m0/s1. The van der Waals surface area contributed by atoms with Crippen molar-refractivity contribution in [1.29, 1.82) is 0 Å². The largest absolute Gasteiger partial charge is 0.393 e. The Hall–Kier alpha value is -0.370. The van der Waals surface area contributed by atoms with Crippen molar-refractivity contribution in [3.63, 3.8) is 0 Å². The molecule has 0 saturated heterocycles. The van der Waals surface area contributed by atoms with E-state index in [1.165, 1.54) is 51.2 Å². The van der Waals surface area contributed by atoms with Crippen LogP contribution in [0.5, 0.6) is 0 Å². The summed E-state index contributed by atoms with van der Waals surface area (Å²) in [7, 11) is 0. The van der Waals surface area contributed by atoms with Crippen molar-refractivity contribution in [2.24, 2.45) is 46.3 Å². The van der Waals surface area contributed by atoms with Gasteiger partial charge in [-0.15, -0.1) is 0 Å². The molecule has 1 N–H and O–H groups in total. The number of carbonyl (C=O) groups excluding carboxylic acids is 1. The zero-order valence-corrected chi connectivity index (χ0v) is 15.8. The SMILES string of the molecule is CC(C=O)[C@H]1CC[C@H]2[C@@H]3CC[C@H]4CC(O)CC[C@]4(C)[C@H]3CC[C@]12C. The molecule has 0 aromatic rings. The summed E-state index contributed by atoms with van der Waals surface area (Å²) in [5, 5.41) is 10.1. The van der Waals surface area contributed by atoms with Crippen LogP contribution in [0.15, 0.2) is 0 Å². The Labute approximate surface area is 147 Å². The molecule has 136 valence electrons. The van der Waals surface area contributed by atoms with E-state index in [9.17, 15) is 9.90 Å². The number of aldehydes is 1. The molecule has 0 aromatic heterocycles. The van der Waals surface area contributed by atoms with Gasteiger partial charge in [-0.2, -0.15) is 0 Å². The highest BCUT2D eigenvalue weighted by atomic mass is 16.3. The molecule has 2 unspecified atom stereocenters. The lowest BCUT2D eigenvalue weighted by molar-refractivity contribution is -0.132. The monoisotopic (exact) mass is 332 g/mol. The molecule has 4 saturated carbocycles. The van der Waals surface area contributed by atoms with Gasteiger partial charge in [0.05, 0.1) is 6.10 Å². The molecule has 0 amide bonds. The molecule has 2 nitrogen and oxygen atoms in total. The Morgan fingerprint density at radius 1 is 0.958 bits per heavy atom. The number of aliphatic hydroxyl groups excluding tert-OH is 1. The van der Waals surface area contributed by atoms with Gasteiger partial charge in [-0.05, 0) is 98.2 Å². The van der Waals surface area contributed by atoms with Gasteiger partial charge in [0.25, 0.3) is 0 Å². The van der Waals surface area contributed by atoms with Crippen LogP contribution >= 0.6 is 0 Å². The van der Waals surface area contributed by atoms with Crippen molar-refractivity contribution >= 4 is 6.29 Å². The molecule has 24 heavy (non-hydrogen) atoms. The summed E-state index contributed by atoms with van der Waals surface area (Å²) in [4.78, 5) is 11.4. The molecule has 4 rings (SSSR count). The van der Waals surface area contributed by atoms with Gasteiger partial charge in [0.15, 0.2) is 0 Å². The number of aliphatic hydroxyl groups is 1. The third kappa shape index (κ3) is 2.27. The molecule has 0 bridgehead atoms. The zero-order valence-electron chi connectivity index (χ0n) is 15.8. The van der Waals surface area contributed by atoms with Crippen LogP contribution in [0.2, 0.25) is 0 Å². The van der Waals surface area contributed by atoms with Gasteiger partial charge in [-0.1, -0.05) is 20.8 Å². The molecule has 4 aliphatic rings. The van der Waals surface area contributed by atoms with E-state index in [0.717, 1.165) is 36.5 Å². The van der Waals surface area contributed by atoms with E-state index in [0.29, 0.717) is 16.7 Å². The van der Waals surface area contributed by atoms with Gasteiger partial charge in [0.1, 0.15) is 6.29 Å². The number of carbonyl (C=O) groups is 1. The summed E-state index contributed by atoms with van der Waals surface area (Å²) in [6.07, 6.45) is 12.5. The van der Waals surface area contributed by atoms with Crippen molar-refractivity contribution in [2.75, 3.05) is 0 Å². The fourth-order valence-electron chi connectivity index (χ4n) is 8.23. The molecule has 0 heterocycles. The minimum atomic E-state index is -0.0437. The van der Waals surface area contributed by atoms with Gasteiger partial charge < -0.3 is 9.90 Å². The highest BCUT2D eigenvalue weighted by molar-refractivity contribution is 5.53. The van der Waals surface area contributed by atoms with Crippen molar-refractivity contribution in [1.82, 2.24) is 0 Å². The maximum absolute atomic E-state index is 11.4. The lowest BCUT2D eigenvalue weighted by atomic mass is 9.44. The second kappa shape index (κ2) is 5.83. The fourth-order valence-corrected chi connectivity index (χ4v) is 8.23. The van der Waals surface area contributed by atoms with Crippen LogP contribution in [0.25, 0.3) is 0 Å². The molecule has 0 radical (unpaired) electrons. The Bertz CT molecular complexity index is 502. The van der Waals surface area contributed by atoms with E-state index in [1.54, 1.807) is 0 Å². The summed E-state index contributed by atoms with van der Waals surface area (Å²) in [5.74, 6) is 4.18. The van der Waals surface area contributed by atoms with Crippen LogP contribution in [-0.4, -0.2) is 17.5 Å². The number of hydrogen-bond acceptors (Lipinski definition) is 2. The normalized spacial score (nSPS) is 55.2. The second-order valence-corrected chi connectivity index (χ2v) is 10.3. The van der Waals surface area contributed by atoms with Gasteiger partial charge in [0, 0.05) is 5.92 Å². The lowest BCUT2D eigenvalue weighted by Crippen LogP contribution is -2.54. The van der Waals surface area contributed by atoms with Crippen LogP contribution < -0.4 is 0 Å². The molecule has 4 fully saturated rings. The Morgan fingerprint density at radius 2 is 1.67 bits per heavy atom. The highest BCUT2D eigenvalue weighted by Gasteiger charge is 2.60. The molecule has 0 aliphatic heterocycles. The molecular weight excluding hydrogens is 296 g/mol. The Kier molecular flexibility index (Phi) is 4.14. The van der Waals surface area contributed by atoms with E-state index < -0.39 is 0 Å². The van der Waals surface area contributed by atoms with Crippen LogP contribution in [-0.2, 0) is 4.79 Å². The van der Waals surface area contributed by atoms with Crippen molar-refractivity contribution < 1.29 is 9.90 Å². The van der Waals surface area contributed by atoms with Crippen molar-refractivity contribution in [2.45, 2.75) is 84.7 Å². The first-order chi connectivity index (χ1) is 11.4. The number of rotatable bonds is 2. The summed E-state index contributed by atoms with van der Waals surface area (Å²) >= 11 is 0. The summed E-state index contributed by atoms with van der Waals surface area (Å²) in [5.41, 5.74) is 0.872. The zero-order chi connectivity index (χ0) is 17.1. The average molecular weight is 333 g/mol. The molecule has 2 heteroatoms. The molecule has 9 atom stereocenters. The van der Waals surface area contributed by atoms with Crippen LogP contribution in [0.3, 0.4) is 0 Å². The predicted octanol–water partition coefficient (Wildman–Crippen LogP) is 4.84. The van der Waals surface area contributed by atoms with Gasteiger partial charge in [-0.3, -0.25) is 0 Å². The fraction of sp³-hybridized carbons (Fsp3) is 0.955. The summed E-state index contributed by atoms with van der Waals surface area (Å²) in [6.45, 7) is 7.23. The van der Waals surface area contributed by atoms with Gasteiger partial charge >= 0.3 is 0 Å². The highest BCUT2D eigenvalue weighted by Crippen LogP contribution is 2.68. The van der Waals surface area contributed by atoms with Gasteiger partial charge in [-0.25, -0.2) is 0 Å². The maximum Gasteiger partial charge on any atom is 0.123 e. The van der Waals surface area contributed by atoms with E-state index >= 15 is 0 Å². The molecule has 4 aliphatic carbocycles. The van der Waals surface area contributed by atoms with E-state index in [4.69, 9.17) is 0 Å². The number of fused-ring (bicyclic) bond motifs is 5.